The van der Waals surface area contributed by atoms with Crippen molar-refractivity contribution in [1.29, 1.82) is 0 Å². The van der Waals surface area contributed by atoms with Crippen molar-refractivity contribution < 1.29 is 0 Å². The molecule has 0 rings (SSSR count). The maximum atomic E-state index is 2.50. The first-order chi connectivity index (χ1) is 9.91. The van der Waals surface area contributed by atoms with Gasteiger partial charge in [0.2, 0.25) is 0 Å². The molecule has 0 radical (unpaired) electrons. The molecule has 0 saturated heterocycles. The van der Waals surface area contributed by atoms with E-state index in [1.807, 2.05) is 0 Å². The minimum absolute atomic E-state index is 1.37. The zero-order valence-corrected chi connectivity index (χ0v) is 17.6. The van der Waals surface area contributed by atoms with Gasteiger partial charge in [0.25, 0.3) is 0 Å². The normalized spacial score (nSPS) is 10.1. The summed E-state index contributed by atoms with van der Waals surface area (Å²) in [6, 6.07) is 0. The van der Waals surface area contributed by atoms with E-state index in [-0.39, 0.29) is 0 Å². The van der Waals surface area contributed by atoms with Gasteiger partial charge in [-0.3, -0.25) is 0 Å². The van der Waals surface area contributed by atoms with Gasteiger partial charge in [0.05, 0.1) is 0 Å². The molecule has 0 aromatic heterocycles. The van der Waals surface area contributed by atoms with Gasteiger partial charge in [0.1, 0.15) is 0 Å². The van der Waals surface area contributed by atoms with Crippen LogP contribution in [0.3, 0.4) is 0 Å². The average Bonchev–Trinajstić information content (AvgIpc) is 2.50. The zero-order valence-electron chi connectivity index (χ0n) is 14.1. The van der Waals surface area contributed by atoms with Gasteiger partial charge in [-0.05, 0) is 0 Å². The summed E-state index contributed by atoms with van der Waals surface area (Å²) in [5.74, 6) is 0. The Hall–Kier alpha value is 1.04. The number of hydrogen-bond acceptors (Lipinski definition) is 0. The van der Waals surface area contributed by atoms with Crippen molar-refractivity contribution in [2.45, 2.75) is 117 Å². The second kappa shape index (κ2) is 25.0. The standard InChI is InChI=1S/C18H38.Se2/c1-3-5-7-9-11-13-15-17-18-16-14-12-10-8-6-4-2;1-2/h3-18H2,1-2H3;. The molecule has 0 spiro atoms. The van der Waals surface area contributed by atoms with Crippen molar-refractivity contribution >= 4 is 27.3 Å². The Morgan fingerprint density at radius 3 is 0.650 bits per heavy atom. The third-order valence-corrected chi connectivity index (χ3v) is 3.96. The van der Waals surface area contributed by atoms with Gasteiger partial charge in [-0.15, -0.1) is 0 Å². The second-order valence-electron chi connectivity index (χ2n) is 5.95. The van der Waals surface area contributed by atoms with E-state index in [1.54, 1.807) is 0 Å². The van der Waals surface area contributed by atoms with Gasteiger partial charge < -0.3 is 0 Å². The summed E-state index contributed by atoms with van der Waals surface area (Å²) >= 11 is 5.00. The monoisotopic (exact) mass is 414 g/mol. The van der Waals surface area contributed by atoms with Gasteiger partial charge in [0.15, 0.2) is 0 Å². The van der Waals surface area contributed by atoms with Crippen LogP contribution >= 0.6 is 0 Å². The topological polar surface area (TPSA) is 0 Å². The molecule has 0 N–H and O–H groups in total. The second-order valence-corrected chi connectivity index (χ2v) is 5.95. The van der Waals surface area contributed by atoms with Crippen LogP contribution in [-0.4, -0.2) is 27.3 Å². The predicted molar refractivity (Wildman–Crippen MR) is 96.7 cm³/mol. The van der Waals surface area contributed by atoms with Gasteiger partial charge in [-0.25, -0.2) is 0 Å². The van der Waals surface area contributed by atoms with E-state index in [0.29, 0.717) is 0 Å². The summed E-state index contributed by atoms with van der Waals surface area (Å²) in [5.41, 5.74) is 0. The molecule has 20 heavy (non-hydrogen) atoms. The molecule has 0 aromatic rings. The third kappa shape index (κ3) is 24.1. The molecule has 0 unspecified atom stereocenters. The molecule has 0 saturated carbocycles. The van der Waals surface area contributed by atoms with E-state index < -0.39 is 0 Å². The van der Waals surface area contributed by atoms with Crippen molar-refractivity contribution in [2.75, 3.05) is 0 Å². The molecule has 0 nitrogen and oxygen atoms in total. The summed E-state index contributed by atoms with van der Waals surface area (Å²) in [5, 5.41) is 0. The van der Waals surface area contributed by atoms with Crippen LogP contribution in [0.4, 0.5) is 0 Å². The first-order valence-corrected chi connectivity index (χ1v) is 13.4. The molecule has 122 valence electrons. The fraction of sp³-hybridized carbons (Fsp3) is 1.00. The number of hydrogen-bond donors (Lipinski definition) is 0. The number of rotatable bonds is 15. The molecular weight excluding hydrogens is 374 g/mol. The fourth-order valence-electron chi connectivity index (χ4n) is 2.62. The Labute approximate surface area is 143 Å². The van der Waals surface area contributed by atoms with Crippen LogP contribution in [-0.2, 0) is 0 Å². The molecule has 0 aromatic carbocycles. The van der Waals surface area contributed by atoms with E-state index in [9.17, 15) is 0 Å². The van der Waals surface area contributed by atoms with Gasteiger partial charge in [0, 0.05) is 0 Å². The average molecular weight is 412 g/mol. The molecule has 0 bridgehead atoms. The van der Waals surface area contributed by atoms with Crippen LogP contribution in [0.15, 0.2) is 0 Å². The Kier molecular flexibility index (Phi) is 29.2. The molecule has 2 heteroatoms. The van der Waals surface area contributed by atoms with Crippen LogP contribution < -0.4 is 0 Å². The van der Waals surface area contributed by atoms with E-state index >= 15 is 0 Å². The first kappa shape index (κ1) is 23.3. The van der Waals surface area contributed by atoms with E-state index in [1.165, 1.54) is 103 Å². The Morgan fingerprint density at radius 2 is 0.500 bits per heavy atom. The molecular formula is C18H38Se2. The predicted octanol–water partition coefficient (Wildman–Crippen LogP) is 6.51. The maximum absolute atomic E-state index is 2.50. The first-order valence-electron chi connectivity index (χ1n) is 9.08. The molecule has 0 atom stereocenters. The Bertz CT molecular complexity index is 132. The van der Waals surface area contributed by atoms with Crippen LogP contribution in [0.5, 0.6) is 0 Å². The summed E-state index contributed by atoms with van der Waals surface area (Å²) in [7, 11) is 0. The number of unbranched alkanes of at least 4 members (excludes halogenated alkanes) is 15. The van der Waals surface area contributed by atoms with Crippen molar-refractivity contribution in [3.63, 3.8) is 0 Å². The third-order valence-electron chi connectivity index (χ3n) is 3.96. The van der Waals surface area contributed by atoms with Gasteiger partial charge >= 0.3 is 27.3 Å². The summed E-state index contributed by atoms with van der Waals surface area (Å²) < 4.78 is 0. The summed E-state index contributed by atoms with van der Waals surface area (Å²) in [6.07, 6.45) is 23.4. The van der Waals surface area contributed by atoms with Crippen molar-refractivity contribution in [1.82, 2.24) is 0 Å². The van der Waals surface area contributed by atoms with Crippen LogP contribution in [0.1, 0.15) is 117 Å². The molecule has 0 aliphatic heterocycles. The SMILES string of the molecule is CCCCCCCCCCCCCCCCCC.[Se]=[Se]. The van der Waals surface area contributed by atoms with Crippen LogP contribution in [0.2, 0.25) is 0 Å². The van der Waals surface area contributed by atoms with Crippen LogP contribution in [0.25, 0.3) is 0 Å². The van der Waals surface area contributed by atoms with E-state index in [2.05, 4.69) is 41.2 Å². The quantitative estimate of drug-likeness (QED) is 0.213. The fourth-order valence-corrected chi connectivity index (χ4v) is 2.62. The van der Waals surface area contributed by atoms with Crippen molar-refractivity contribution in [3.05, 3.63) is 0 Å². The Balaban J connectivity index is 0. The van der Waals surface area contributed by atoms with Crippen molar-refractivity contribution in [3.8, 4) is 0 Å². The molecule has 0 amide bonds. The summed E-state index contributed by atoms with van der Waals surface area (Å²) in [4.78, 5) is 0. The minimum atomic E-state index is 1.37. The molecule has 0 aliphatic carbocycles. The van der Waals surface area contributed by atoms with Gasteiger partial charge in [-0.1, -0.05) is 117 Å². The van der Waals surface area contributed by atoms with Crippen LogP contribution in [0, 0.1) is 0 Å². The van der Waals surface area contributed by atoms with E-state index in [4.69, 9.17) is 0 Å². The molecule has 0 aliphatic rings. The zero-order chi connectivity index (χ0) is 15.3. The summed E-state index contributed by atoms with van der Waals surface area (Å²) in [6.45, 7) is 4.59. The van der Waals surface area contributed by atoms with E-state index in [0.717, 1.165) is 0 Å². The van der Waals surface area contributed by atoms with Gasteiger partial charge in [-0.2, -0.15) is 0 Å². The molecule has 0 heterocycles. The molecule has 0 fully saturated rings. The van der Waals surface area contributed by atoms with Crippen molar-refractivity contribution in [2.24, 2.45) is 0 Å². The Morgan fingerprint density at radius 1 is 0.350 bits per heavy atom.